The van der Waals surface area contributed by atoms with Crippen molar-refractivity contribution in [3.63, 3.8) is 0 Å². The van der Waals surface area contributed by atoms with Crippen molar-refractivity contribution in [1.29, 1.82) is 0 Å². The average molecular weight is 408 g/mol. The van der Waals surface area contributed by atoms with E-state index in [-0.39, 0.29) is 22.7 Å². The summed E-state index contributed by atoms with van der Waals surface area (Å²) in [4.78, 5) is 26.6. The molecule has 0 saturated heterocycles. The second-order valence-electron chi connectivity index (χ2n) is 9.39. The highest BCUT2D eigenvalue weighted by atomic mass is 79.9. The van der Waals surface area contributed by atoms with Crippen LogP contribution in [0.15, 0.2) is 12.2 Å². The molecule has 138 valence electrons. The molecule has 0 radical (unpaired) electrons. The van der Waals surface area contributed by atoms with Crippen molar-refractivity contribution >= 4 is 27.6 Å². The van der Waals surface area contributed by atoms with Crippen molar-refractivity contribution in [3.8, 4) is 0 Å². The number of halogens is 1. The van der Waals surface area contributed by atoms with Crippen LogP contribution in [0.25, 0.3) is 0 Å². The zero-order chi connectivity index (χ0) is 18.0. The number of hydrogen-bond donors (Lipinski definition) is 0. The Hall–Kier alpha value is -0.640. The molecule has 0 aromatic heterocycles. The van der Waals surface area contributed by atoms with Crippen molar-refractivity contribution in [3.05, 3.63) is 12.2 Å². The van der Waals surface area contributed by atoms with E-state index in [2.05, 4.69) is 35.9 Å². The second-order valence-corrected chi connectivity index (χ2v) is 9.95. The molecule has 0 aromatic carbocycles. The predicted molar refractivity (Wildman–Crippen MR) is 102 cm³/mol. The van der Waals surface area contributed by atoms with Crippen LogP contribution in [-0.2, 0) is 9.59 Å². The summed E-state index contributed by atoms with van der Waals surface area (Å²) in [5.74, 6) is 2.84. The number of carbonyl (C=O) groups is 2. The van der Waals surface area contributed by atoms with E-state index >= 15 is 0 Å². The lowest BCUT2D eigenvalue weighted by atomic mass is 9.47. The van der Waals surface area contributed by atoms with Crippen LogP contribution >= 0.6 is 15.9 Å². The summed E-state index contributed by atoms with van der Waals surface area (Å²) >= 11 is 3.40. The predicted octanol–water partition coefficient (Wildman–Crippen LogP) is 4.21. The summed E-state index contributed by atoms with van der Waals surface area (Å²) in [5, 5.41) is 0.503. The fourth-order valence-corrected chi connectivity index (χ4v) is 7.75. The minimum atomic E-state index is 0.102. The summed E-state index contributed by atoms with van der Waals surface area (Å²) in [6.45, 7) is 4.78. The summed E-state index contributed by atoms with van der Waals surface area (Å²) in [6, 6.07) is 0.344. The molecule has 1 aliphatic heterocycles. The number of nitrogens with zero attached hydrogens (tertiary/aromatic N) is 1. The van der Waals surface area contributed by atoms with Crippen molar-refractivity contribution < 1.29 is 9.59 Å². The number of amides is 1. The van der Waals surface area contributed by atoms with Gasteiger partial charge in [-0.1, -0.05) is 35.9 Å². The highest BCUT2D eigenvalue weighted by Crippen LogP contribution is 2.65. The molecule has 3 nitrogen and oxygen atoms in total. The first-order valence-corrected chi connectivity index (χ1v) is 11.0. The fraction of sp³-hybridized carbons (Fsp3) is 0.810. The van der Waals surface area contributed by atoms with Gasteiger partial charge in [0, 0.05) is 24.4 Å². The number of ketones is 1. The average Bonchev–Trinajstić information content (AvgIpc) is 2.95. The molecule has 7 atom stereocenters. The molecule has 3 fully saturated rings. The first-order chi connectivity index (χ1) is 11.8. The van der Waals surface area contributed by atoms with E-state index in [1.807, 2.05) is 11.9 Å². The Morgan fingerprint density at radius 3 is 2.68 bits per heavy atom. The molecule has 25 heavy (non-hydrogen) atoms. The van der Waals surface area contributed by atoms with E-state index in [0.717, 1.165) is 19.3 Å². The number of carbonyl (C=O) groups excluding carboxylic acids is 2. The summed E-state index contributed by atoms with van der Waals surface area (Å²) < 4.78 is 0. The van der Waals surface area contributed by atoms with Crippen LogP contribution < -0.4 is 0 Å². The van der Waals surface area contributed by atoms with Crippen molar-refractivity contribution in [2.75, 3.05) is 12.4 Å². The van der Waals surface area contributed by atoms with Gasteiger partial charge >= 0.3 is 0 Å². The van der Waals surface area contributed by atoms with Crippen molar-refractivity contribution in [2.45, 2.75) is 58.4 Å². The Morgan fingerprint density at radius 2 is 1.96 bits per heavy atom. The van der Waals surface area contributed by atoms with Gasteiger partial charge in [0.1, 0.15) is 5.78 Å². The largest absolute Gasteiger partial charge is 0.338 e. The van der Waals surface area contributed by atoms with Gasteiger partial charge in [-0.15, -0.1) is 0 Å². The normalized spacial score (nSPS) is 48.7. The molecule has 1 heterocycles. The highest BCUT2D eigenvalue weighted by Gasteiger charge is 2.61. The van der Waals surface area contributed by atoms with E-state index in [1.54, 1.807) is 6.08 Å². The van der Waals surface area contributed by atoms with Gasteiger partial charge in [0.2, 0.25) is 5.91 Å². The Labute approximate surface area is 159 Å². The molecule has 0 spiro atoms. The first kappa shape index (κ1) is 17.8. The molecule has 0 bridgehead atoms. The maximum atomic E-state index is 12.5. The standard InChI is InChI=1S/C21H30BrNO2/c1-20-10-8-15-13(14(20)5-6-16(20)17(24)12-22)4-7-18-21(15,2)11-9-19(25)23(18)3/h9,11,13-16,18H,4-8,10,12H2,1-3H3/t13?,14?,15?,16-,18?,20?,21?/m1/s1. The zero-order valence-corrected chi connectivity index (χ0v) is 17.2. The number of alkyl halides is 1. The van der Waals surface area contributed by atoms with Crippen LogP contribution in [-0.4, -0.2) is 35.0 Å². The molecule has 3 saturated carbocycles. The third-order valence-corrected chi connectivity index (χ3v) is 9.20. The molecule has 4 aliphatic rings. The van der Waals surface area contributed by atoms with Crippen LogP contribution in [0.1, 0.15) is 52.4 Å². The van der Waals surface area contributed by atoms with Gasteiger partial charge in [-0.25, -0.2) is 0 Å². The van der Waals surface area contributed by atoms with Gasteiger partial charge in [0.25, 0.3) is 0 Å². The Balaban J connectivity index is 1.65. The summed E-state index contributed by atoms with van der Waals surface area (Å²) in [7, 11) is 1.97. The lowest BCUT2D eigenvalue weighted by Gasteiger charge is -2.60. The Bertz CT molecular complexity index is 631. The topological polar surface area (TPSA) is 37.4 Å². The van der Waals surface area contributed by atoms with Crippen molar-refractivity contribution in [1.82, 2.24) is 4.90 Å². The van der Waals surface area contributed by atoms with Crippen LogP contribution in [0.4, 0.5) is 0 Å². The minimum Gasteiger partial charge on any atom is -0.338 e. The van der Waals surface area contributed by atoms with Crippen LogP contribution in [0.2, 0.25) is 0 Å². The monoisotopic (exact) mass is 407 g/mol. The van der Waals surface area contributed by atoms with Crippen LogP contribution in [0.5, 0.6) is 0 Å². The Kier molecular flexibility index (Phi) is 4.22. The van der Waals surface area contributed by atoms with Gasteiger partial charge in [-0.2, -0.15) is 0 Å². The molecule has 1 amide bonds. The van der Waals surface area contributed by atoms with E-state index < -0.39 is 0 Å². The van der Waals surface area contributed by atoms with Gasteiger partial charge < -0.3 is 4.90 Å². The maximum absolute atomic E-state index is 12.5. The van der Waals surface area contributed by atoms with Crippen LogP contribution in [0.3, 0.4) is 0 Å². The number of Topliss-reactive ketones (excluding diaryl/α,β-unsaturated/α-hetero) is 1. The lowest BCUT2D eigenvalue weighted by molar-refractivity contribution is -0.141. The smallest absolute Gasteiger partial charge is 0.246 e. The van der Waals surface area contributed by atoms with E-state index in [1.165, 1.54) is 19.3 Å². The van der Waals surface area contributed by atoms with E-state index in [4.69, 9.17) is 0 Å². The van der Waals surface area contributed by atoms with Gasteiger partial charge in [-0.05, 0) is 67.8 Å². The molecule has 0 aromatic rings. The number of hydrogen-bond acceptors (Lipinski definition) is 2. The van der Waals surface area contributed by atoms with Crippen LogP contribution in [0, 0.1) is 34.5 Å². The molecule has 4 heteroatoms. The summed E-state index contributed by atoms with van der Waals surface area (Å²) in [5.41, 5.74) is 0.291. The van der Waals surface area contributed by atoms with Gasteiger partial charge in [0.15, 0.2) is 0 Å². The fourth-order valence-electron chi connectivity index (χ4n) is 7.36. The number of rotatable bonds is 2. The minimum absolute atomic E-state index is 0.102. The molecule has 0 N–H and O–H groups in total. The molecular weight excluding hydrogens is 378 g/mol. The molecule has 6 unspecified atom stereocenters. The quantitative estimate of drug-likeness (QED) is 0.642. The third-order valence-electron chi connectivity index (χ3n) is 8.65. The first-order valence-electron chi connectivity index (χ1n) is 9.87. The molecule has 3 aliphatic carbocycles. The Morgan fingerprint density at radius 1 is 1.20 bits per heavy atom. The second kappa shape index (κ2) is 5.94. The molecule has 4 rings (SSSR count). The van der Waals surface area contributed by atoms with Gasteiger partial charge in [0.05, 0.1) is 5.33 Å². The number of fused-ring (bicyclic) bond motifs is 5. The molecular formula is C21H30BrNO2. The van der Waals surface area contributed by atoms with Gasteiger partial charge in [-0.3, -0.25) is 9.59 Å². The summed E-state index contributed by atoms with van der Waals surface area (Å²) in [6.07, 6.45) is 11.0. The zero-order valence-electron chi connectivity index (χ0n) is 15.6. The SMILES string of the molecule is CN1C(=O)C=CC2(C)C3CCC4(C)C(CC[C@@H]4C(=O)CBr)C3CCC12. The maximum Gasteiger partial charge on any atom is 0.246 e. The van der Waals surface area contributed by atoms with E-state index in [9.17, 15) is 9.59 Å². The highest BCUT2D eigenvalue weighted by molar-refractivity contribution is 9.09. The van der Waals surface area contributed by atoms with Crippen molar-refractivity contribution in [2.24, 2.45) is 34.5 Å². The lowest BCUT2D eigenvalue weighted by Crippen LogP contribution is -2.59. The van der Waals surface area contributed by atoms with E-state index in [0.29, 0.717) is 34.9 Å². The third kappa shape index (κ3) is 2.35. The number of likely N-dealkylation sites (N-methyl/N-ethyl adjacent to an activating group) is 1.